The Morgan fingerprint density at radius 2 is 0.840 bits per heavy atom. The zero-order valence-electron chi connectivity index (χ0n) is 18.2. The van der Waals surface area contributed by atoms with Crippen molar-refractivity contribution in [3.8, 4) is 0 Å². The Morgan fingerprint density at radius 1 is 0.480 bits per heavy atom. The molecule has 0 aromatic rings. The largest absolute Gasteiger partial charge is 0.327 e. The van der Waals surface area contributed by atoms with Crippen molar-refractivity contribution in [3.05, 3.63) is 0 Å². The lowest BCUT2D eigenvalue weighted by molar-refractivity contribution is 0.358. The lowest BCUT2D eigenvalue weighted by Crippen LogP contribution is -2.28. The van der Waals surface area contributed by atoms with Gasteiger partial charge in [-0.05, 0) is 18.8 Å². The van der Waals surface area contributed by atoms with Gasteiger partial charge in [-0.25, -0.2) is 0 Å². The summed E-state index contributed by atoms with van der Waals surface area (Å²) in [5, 5.41) is 0. The van der Waals surface area contributed by atoms with Gasteiger partial charge >= 0.3 is 0 Å². The fourth-order valence-corrected chi connectivity index (χ4v) is 4.01. The van der Waals surface area contributed by atoms with E-state index in [1.54, 1.807) is 0 Å². The molecule has 25 heavy (non-hydrogen) atoms. The van der Waals surface area contributed by atoms with Crippen molar-refractivity contribution in [1.29, 1.82) is 0 Å². The van der Waals surface area contributed by atoms with Gasteiger partial charge in [-0.3, -0.25) is 0 Å². The molecule has 0 heterocycles. The van der Waals surface area contributed by atoms with Crippen LogP contribution < -0.4 is 5.73 Å². The second-order valence-corrected chi connectivity index (χ2v) is 8.33. The molecule has 0 amide bonds. The molecule has 0 rings (SSSR count). The highest BCUT2D eigenvalue weighted by Gasteiger charge is 2.13. The highest BCUT2D eigenvalue weighted by atomic mass is 14.6. The molecule has 0 aliphatic carbocycles. The van der Waals surface area contributed by atoms with Gasteiger partial charge in [0, 0.05) is 6.04 Å². The first-order valence-electron chi connectivity index (χ1n) is 12.0. The number of hydrogen-bond acceptors (Lipinski definition) is 1. The zero-order valence-corrected chi connectivity index (χ0v) is 18.2. The van der Waals surface area contributed by atoms with Crippen LogP contribution in [-0.4, -0.2) is 6.04 Å². The second-order valence-electron chi connectivity index (χ2n) is 8.33. The van der Waals surface area contributed by atoms with E-state index in [0.717, 1.165) is 12.3 Å². The molecule has 0 bridgehead atoms. The first-order chi connectivity index (χ1) is 12.3. The molecule has 0 saturated heterocycles. The summed E-state index contributed by atoms with van der Waals surface area (Å²) in [6, 6.07) is 0.432. The molecule has 152 valence electrons. The summed E-state index contributed by atoms with van der Waals surface area (Å²) in [6.07, 6.45) is 27.0. The van der Waals surface area contributed by atoms with Gasteiger partial charge in [0.05, 0.1) is 0 Å². The van der Waals surface area contributed by atoms with E-state index in [-0.39, 0.29) is 0 Å². The number of nitrogens with two attached hydrogens (primary N) is 1. The van der Waals surface area contributed by atoms with Crippen LogP contribution in [0.15, 0.2) is 0 Å². The topological polar surface area (TPSA) is 26.0 Å². The van der Waals surface area contributed by atoms with Crippen LogP contribution in [0.1, 0.15) is 143 Å². The molecule has 0 aliphatic heterocycles. The van der Waals surface area contributed by atoms with E-state index in [2.05, 4.69) is 20.8 Å². The summed E-state index contributed by atoms with van der Waals surface area (Å²) in [6.45, 7) is 6.82. The average molecular weight is 354 g/mol. The van der Waals surface area contributed by atoms with Gasteiger partial charge < -0.3 is 5.73 Å². The van der Waals surface area contributed by atoms with Crippen molar-refractivity contribution in [1.82, 2.24) is 0 Å². The van der Waals surface area contributed by atoms with E-state index >= 15 is 0 Å². The monoisotopic (exact) mass is 353 g/mol. The average Bonchev–Trinajstić information content (AvgIpc) is 2.64. The summed E-state index contributed by atoms with van der Waals surface area (Å²) in [7, 11) is 0. The third-order valence-electron chi connectivity index (χ3n) is 6.03. The van der Waals surface area contributed by atoms with Crippen LogP contribution in [0.4, 0.5) is 0 Å². The van der Waals surface area contributed by atoms with Crippen LogP contribution in [0.2, 0.25) is 0 Å². The maximum Gasteiger partial charge on any atom is 0.00644 e. The SMILES string of the molecule is CCCCCCCCCCCCCCCCCCC(CC)C(N)CC. The fourth-order valence-electron chi connectivity index (χ4n) is 4.01. The molecule has 1 nitrogen and oxygen atoms in total. The van der Waals surface area contributed by atoms with E-state index in [1.165, 1.54) is 116 Å². The molecule has 0 saturated carbocycles. The summed E-state index contributed by atoms with van der Waals surface area (Å²) in [5.41, 5.74) is 6.19. The molecule has 0 spiro atoms. The quantitative estimate of drug-likeness (QED) is 0.218. The van der Waals surface area contributed by atoms with Gasteiger partial charge in [-0.2, -0.15) is 0 Å². The molecule has 2 unspecified atom stereocenters. The van der Waals surface area contributed by atoms with Gasteiger partial charge in [0.15, 0.2) is 0 Å². The third-order valence-corrected chi connectivity index (χ3v) is 6.03. The van der Waals surface area contributed by atoms with Gasteiger partial charge in [-0.1, -0.05) is 130 Å². The van der Waals surface area contributed by atoms with Crippen LogP contribution in [0.3, 0.4) is 0 Å². The molecular formula is C24H51N. The van der Waals surface area contributed by atoms with Crippen molar-refractivity contribution in [3.63, 3.8) is 0 Å². The van der Waals surface area contributed by atoms with Crippen molar-refractivity contribution in [2.24, 2.45) is 11.7 Å². The number of hydrogen-bond donors (Lipinski definition) is 1. The van der Waals surface area contributed by atoms with E-state index in [4.69, 9.17) is 5.73 Å². The van der Waals surface area contributed by atoms with E-state index < -0.39 is 0 Å². The minimum absolute atomic E-state index is 0.432. The molecule has 0 fully saturated rings. The minimum atomic E-state index is 0.432. The first kappa shape index (κ1) is 25.0. The molecule has 2 N–H and O–H groups in total. The van der Waals surface area contributed by atoms with Crippen LogP contribution >= 0.6 is 0 Å². The van der Waals surface area contributed by atoms with Crippen molar-refractivity contribution in [2.45, 2.75) is 149 Å². The van der Waals surface area contributed by atoms with Gasteiger partial charge in [0.1, 0.15) is 0 Å². The predicted molar refractivity (Wildman–Crippen MR) is 116 cm³/mol. The maximum atomic E-state index is 6.19. The van der Waals surface area contributed by atoms with E-state index in [9.17, 15) is 0 Å². The van der Waals surface area contributed by atoms with E-state index in [1.807, 2.05) is 0 Å². The Kier molecular flexibility index (Phi) is 20.2. The van der Waals surface area contributed by atoms with Gasteiger partial charge in [0.25, 0.3) is 0 Å². The standard InChI is InChI=1S/C24H51N/c1-4-7-8-9-10-11-12-13-14-15-16-17-18-19-20-21-22-23(5-2)24(25)6-3/h23-24H,4-22,25H2,1-3H3. The lowest BCUT2D eigenvalue weighted by Gasteiger charge is -2.21. The zero-order chi connectivity index (χ0) is 18.6. The molecule has 2 atom stereocenters. The highest BCUT2D eigenvalue weighted by Crippen LogP contribution is 2.19. The number of rotatable bonds is 20. The smallest absolute Gasteiger partial charge is 0.00644 e. The second kappa shape index (κ2) is 20.3. The fraction of sp³-hybridized carbons (Fsp3) is 1.00. The summed E-state index contributed by atoms with van der Waals surface area (Å²) in [5.74, 6) is 0.761. The van der Waals surface area contributed by atoms with Gasteiger partial charge in [-0.15, -0.1) is 0 Å². The Bertz CT molecular complexity index is 238. The third kappa shape index (κ3) is 17.1. The molecule has 0 aliphatic rings. The molecular weight excluding hydrogens is 302 g/mol. The van der Waals surface area contributed by atoms with Gasteiger partial charge in [0.2, 0.25) is 0 Å². The van der Waals surface area contributed by atoms with E-state index in [0.29, 0.717) is 6.04 Å². The first-order valence-corrected chi connectivity index (χ1v) is 12.0. The van der Waals surface area contributed by atoms with Crippen LogP contribution in [0.5, 0.6) is 0 Å². The minimum Gasteiger partial charge on any atom is -0.327 e. The normalized spacial score (nSPS) is 13.9. The Morgan fingerprint density at radius 3 is 1.16 bits per heavy atom. The highest BCUT2D eigenvalue weighted by molar-refractivity contribution is 4.70. The van der Waals surface area contributed by atoms with Crippen LogP contribution in [-0.2, 0) is 0 Å². The van der Waals surface area contributed by atoms with Crippen LogP contribution in [0.25, 0.3) is 0 Å². The predicted octanol–water partition coefficient (Wildman–Crippen LogP) is 8.40. The van der Waals surface area contributed by atoms with Crippen molar-refractivity contribution < 1.29 is 0 Å². The molecule has 1 heteroatoms. The Hall–Kier alpha value is -0.0400. The lowest BCUT2D eigenvalue weighted by atomic mass is 9.90. The van der Waals surface area contributed by atoms with Crippen molar-refractivity contribution >= 4 is 0 Å². The molecule has 0 aromatic carbocycles. The maximum absolute atomic E-state index is 6.19. The Balaban J connectivity index is 3.16. The van der Waals surface area contributed by atoms with Crippen LogP contribution in [0, 0.1) is 5.92 Å². The Labute approximate surface area is 160 Å². The summed E-state index contributed by atoms with van der Waals surface area (Å²) < 4.78 is 0. The molecule has 0 radical (unpaired) electrons. The molecule has 0 aromatic heterocycles. The van der Waals surface area contributed by atoms with Crippen molar-refractivity contribution in [2.75, 3.05) is 0 Å². The summed E-state index contributed by atoms with van der Waals surface area (Å²) in [4.78, 5) is 0. The number of unbranched alkanes of at least 4 members (excludes halogenated alkanes) is 15. The summed E-state index contributed by atoms with van der Waals surface area (Å²) >= 11 is 0.